The standard InChI is InChI=1S/C27H22F2N2O4/c1-27(2)34-14-22(35-27)15-6-5-7-16(10-15)24(32)23(25(33)17-11-18(28)13-19(29)12-17)26-30-20-8-3-4-9-21(20)31-26/h3-13,22,33H,14H2,1-2H3,(H,30,31)/b25-23-. The van der Waals surface area contributed by atoms with E-state index in [0.29, 0.717) is 23.7 Å². The second-order valence-electron chi connectivity index (χ2n) is 8.76. The second-order valence-corrected chi connectivity index (χ2v) is 8.76. The summed E-state index contributed by atoms with van der Waals surface area (Å²) in [5, 5.41) is 11.1. The van der Waals surface area contributed by atoms with Gasteiger partial charge in [0.1, 0.15) is 34.9 Å². The first kappa shape index (κ1) is 22.9. The van der Waals surface area contributed by atoms with E-state index in [0.717, 1.165) is 17.7 Å². The maximum absolute atomic E-state index is 13.9. The highest BCUT2D eigenvalue weighted by Gasteiger charge is 2.34. The molecule has 35 heavy (non-hydrogen) atoms. The predicted molar refractivity (Wildman–Crippen MR) is 127 cm³/mol. The van der Waals surface area contributed by atoms with Crippen molar-refractivity contribution < 1.29 is 28.2 Å². The largest absolute Gasteiger partial charge is 0.506 e. The molecule has 0 radical (unpaired) electrons. The van der Waals surface area contributed by atoms with E-state index in [9.17, 15) is 18.7 Å². The summed E-state index contributed by atoms with van der Waals surface area (Å²) in [6.07, 6.45) is -0.373. The number of hydrogen-bond acceptors (Lipinski definition) is 5. The number of benzene rings is 3. The number of aliphatic hydroxyl groups is 1. The fraction of sp³-hybridized carbons (Fsp3) is 0.185. The van der Waals surface area contributed by atoms with Crippen LogP contribution in [-0.4, -0.2) is 33.3 Å². The van der Waals surface area contributed by atoms with Gasteiger partial charge < -0.3 is 19.6 Å². The van der Waals surface area contributed by atoms with Crippen molar-refractivity contribution in [2.24, 2.45) is 0 Å². The highest BCUT2D eigenvalue weighted by molar-refractivity contribution is 6.33. The monoisotopic (exact) mass is 476 g/mol. The molecule has 1 fully saturated rings. The Morgan fingerprint density at radius 1 is 1.03 bits per heavy atom. The minimum atomic E-state index is -0.883. The molecule has 2 heterocycles. The van der Waals surface area contributed by atoms with Crippen LogP contribution >= 0.6 is 0 Å². The highest BCUT2D eigenvalue weighted by Crippen LogP contribution is 2.34. The minimum absolute atomic E-state index is 0.0744. The number of H-pyrrole nitrogens is 1. The van der Waals surface area contributed by atoms with Gasteiger partial charge in [0.25, 0.3) is 0 Å². The molecule has 178 valence electrons. The van der Waals surface area contributed by atoms with E-state index in [2.05, 4.69) is 9.97 Å². The third-order valence-corrected chi connectivity index (χ3v) is 5.76. The zero-order chi connectivity index (χ0) is 24.7. The summed E-state index contributed by atoms with van der Waals surface area (Å²) in [4.78, 5) is 21.2. The molecule has 3 aromatic carbocycles. The van der Waals surface area contributed by atoms with Crippen LogP contribution in [0.4, 0.5) is 8.78 Å². The van der Waals surface area contributed by atoms with Gasteiger partial charge in [-0.1, -0.05) is 30.3 Å². The third-order valence-electron chi connectivity index (χ3n) is 5.76. The number of allylic oxidation sites excluding steroid dienone is 1. The number of aliphatic hydroxyl groups excluding tert-OH is 1. The fourth-order valence-electron chi connectivity index (χ4n) is 4.11. The van der Waals surface area contributed by atoms with Crippen LogP contribution in [0.25, 0.3) is 22.4 Å². The number of para-hydroxylation sites is 2. The molecule has 1 aliphatic rings. The number of halogens is 2. The van der Waals surface area contributed by atoms with Gasteiger partial charge in [0, 0.05) is 17.2 Å². The fourth-order valence-corrected chi connectivity index (χ4v) is 4.11. The van der Waals surface area contributed by atoms with Crippen molar-refractivity contribution in [1.82, 2.24) is 9.97 Å². The number of aromatic nitrogens is 2. The zero-order valence-electron chi connectivity index (χ0n) is 19.0. The number of ketones is 1. The molecule has 0 bridgehead atoms. The molecule has 0 amide bonds. The molecule has 0 spiro atoms. The van der Waals surface area contributed by atoms with Gasteiger partial charge in [0.15, 0.2) is 5.79 Å². The number of carbonyl (C=O) groups excluding carboxylic acids is 1. The van der Waals surface area contributed by atoms with Gasteiger partial charge in [0.2, 0.25) is 5.78 Å². The molecule has 2 N–H and O–H groups in total. The van der Waals surface area contributed by atoms with E-state index in [-0.39, 0.29) is 28.6 Å². The zero-order valence-corrected chi connectivity index (χ0v) is 19.0. The molecule has 1 atom stereocenters. The van der Waals surface area contributed by atoms with E-state index in [1.54, 1.807) is 56.3 Å². The number of fused-ring (bicyclic) bond motifs is 1. The van der Waals surface area contributed by atoms with Crippen LogP contribution in [0.5, 0.6) is 0 Å². The number of Topliss-reactive ketones (excluding diaryl/α,β-unsaturated/α-hetero) is 1. The average molecular weight is 476 g/mol. The molecule has 5 rings (SSSR count). The lowest BCUT2D eigenvalue weighted by molar-refractivity contribution is -0.139. The van der Waals surface area contributed by atoms with Crippen LogP contribution in [0.15, 0.2) is 66.7 Å². The Morgan fingerprint density at radius 3 is 2.46 bits per heavy atom. The van der Waals surface area contributed by atoms with Gasteiger partial charge in [0.05, 0.1) is 17.6 Å². The molecule has 0 saturated carbocycles. The summed E-state index contributed by atoms with van der Waals surface area (Å²) in [5.74, 6) is -3.61. The molecule has 6 nitrogen and oxygen atoms in total. The maximum atomic E-state index is 13.9. The summed E-state index contributed by atoms with van der Waals surface area (Å²) in [6.45, 7) is 3.94. The quantitative estimate of drug-likeness (QED) is 0.211. The number of carbonyl (C=O) groups is 1. The number of ether oxygens (including phenoxy) is 2. The predicted octanol–water partition coefficient (Wildman–Crippen LogP) is 5.97. The number of nitrogens with zero attached hydrogens (tertiary/aromatic N) is 1. The number of rotatable bonds is 5. The Labute approximate surface area is 199 Å². The van der Waals surface area contributed by atoms with E-state index < -0.39 is 29.0 Å². The Bertz CT molecular complexity index is 1420. The van der Waals surface area contributed by atoms with Crippen molar-refractivity contribution in [3.8, 4) is 0 Å². The Kier molecular flexibility index (Phi) is 5.70. The minimum Gasteiger partial charge on any atom is -0.506 e. The first-order valence-corrected chi connectivity index (χ1v) is 11.0. The van der Waals surface area contributed by atoms with Crippen LogP contribution in [-0.2, 0) is 9.47 Å². The van der Waals surface area contributed by atoms with Crippen molar-refractivity contribution >= 4 is 28.1 Å². The SMILES string of the molecule is CC1(C)OCC(c2cccc(C(=O)/C(=C(/O)c3cc(F)cc(F)c3)c3nc4ccccc4[nH]3)c2)O1. The first-order valence-electron chi connectivity index (χ1n) is 11.0. The molecule has 1 saturated heterocycles. The summed E-state index contributed by atoms with van der Waals surface area (Å²) in [6, 6.07) is 16.5. The van der Waals surface area contributed by atoms with Crippen LogP contribution in [0, 0.1) is 11.6 Å². The lowest BCUT2D eigenvalue weighted by atomic mass is 9.96. The van der Waals surface area contributed by atoms with E-state index >= 15 is 0 Å². The van der Waals surface area contributed by atoms with Crippen molar-refractivity contribution in [2.45, 2.75) is 25.7 Å². The van der Waals surface area contributed by atoms with Crippen LogP contribution in [0.3, 0.4) is 0 Å². The van der Waals surface area contributed by atoms with Gasteiger partial charge in [-0.25, -0.2) is 13.8 Å². The van der Waals surface area contributed by atoms with Gasteiger partial charge >= 0.3 is 0 Å². The third kappa shape index (κ3) is 4.58. The van der Waals surface area contributed by atoms with E-state index in [1.807, 2.05) is 6.07 Å². The van der Waals surface area contributed by atoms with Crippen LogP contribution in [0.1, 0.15) is 47.3 Å². The summed E-state index contributed by atoms with van der Waals surface area (Å²) >= 11 is 0. The number of aromatic amines is 1. The number of imidazole rings is 1. The van der Waals surface area contributed by atoms with Gasteiger partial charge in [-0.05, 0) is 49.7 Å². The second kappa shape index (κ2) is 8.72. The summed E-state index contributed by atoms with van der Waals surface area (Å²) in [5.41, 5.74) is 1.78. The maximum Gasteiger partial charge on any atom is 0.200 e. The summed E-state index contributed by atoms with van der Waals surface area (Å²) < 4.78 is 39.4. The lowest BCUT2D eigenvalue weighted by Gasteiger charge is -2.17. The molecule has 8 heteroatoms. The van der Waals surface area contributed by atoms with Crippen molar-refractivity contribution in [3.05, 3.63) is 101 Å². The first-order chi connectivity index (χ1) is 16.7. The van der Waals surface area contributed by atoms with Crippen LogP contribution in [0.2, 0.25) is 0 Å². The molecule has 4 aromatic rings. The van der Waals surface area contributed by atoms with Gasteiger partial charge in [-0.2, -0.15) is 0 Å². The highest BCUT2D eigenvalue weighted by atomic mass is 19.1. The average Bonchev–Trinajstić information content (AvgIpc) is 3.41. The van der Waals surface area contributed by atoms with Gasteiger partial charge in [-0.3, -0.25) is 4.79 Å². The van der Waals surface area contributed by atoms with Gasteiger partial charge in [-0.15, -0.1) is 0 Å². The topological polar surface area (TPSA) is 84.4 Å². The molecular weight excluding hydrogens is 454 g/mol. The van der Waals surface area contributed by atoms with E-state index in [1.165, 1.54) is 0 Å². The molecule has 1 aromatic heterocycles. The normalized spacial score (nSPS) is 18.0. The van der Waals surface area contributed by atoms with Crippen molar-refractivity contribution in [3.63, 3.8) is 0 Å². The Hall–Kier alpha value is -3.88. The summed E-state index contributed by atoms with van der Waals surface area (Å²) in [7, 11) is 0. The number of nitrogens with one attached hydrogen (secondary N) is 1. The molecular formula is C27H22F2N2O4. The Morgan fingerprint density at radius 2 is 1.77 bits per heavy atom. The molecule has 0 aliphatic carbocycles. The Balaban J connectivity index is 1.63. The molecule has 1 unspecified atom stereocenters. The van der Waals surface area contributed by atoms with Crippen LogP contribution < -0.4 is 0 Å². The molecule has 1 aliphatic heterocycles. The smallest absolute Gasteiger partial charge is 0.200 e. The number of hydrogen-bond donors (Lipinski definition) is 2. The van der Waals surface area contributed by atoms with Crippen molar-refractivity contribution in [2.75, 3.05) is 6.61 Å². The van der Waals surface area contributed by atoms with E-state index in [4.69, 9.17) is 9.47 Å². The lowest BCUT2D eigenvalue weighted by Crippen LogP contribution is -2.19. The van der Waals surface area contributed by atoms with Crippen molar-refractivity contribution in [1.29, 1.82) is 0 Å².